The maximum atomic E-state index is 4.36. The molecular formula is C23H29N. The SMILES string of the molecule is C=C(CC(C)C1=C(/C(C)=C/N=C\C)C=CCC1)c1ccccc1C. The molecule has 126 valence electrons. The smallest absolute Gasteiger partial charge is 0.0298 e. The monoisotopic (exact) mass is 319 g/mol. The van der Waals surface area contributed by atoms with Gasteiger partial charge in [-0.25, -0.2) is 0 Å². The van der Waals surface area contributed by atoms with Crippen molar-refractivity contribution >= 4 is 11.8 Å². The maximum absolute atomic E-state index is 4.36. The van der Waals surface area contributed by atoms with Crippen LogP contribution in [0.3, 0.4) is 0 Å². The first-order valence-corrected chi connectivity index (χ1v) is 8.82. The molecule has 1 aliphatic carbocycles. The highest BCUT2D eigenvalue weighted by molar-refractivity contribution is 5.66. The van der Waals surface area contributed by atoms with Gasteiger partial charge in [-0.3, -0.25) is 4.99 Å². The third-order valence-corrected chi connectivity index (χ3v) is 4.73. The van der Waals surface area contributed by atoms with E-state index < -0.39 is 0 Å². The molecule has 0 spiro atoms. The van der Waals surface area contributed by atoms with E-state index in [9.17, 15) is 0 Å². The van der Waals surface area contributed by atoms with Gasteiger partial charge in [0.15, 0.2) is 0 Å². The van der Waals surface area contributed by atoms with Crippen LogP contribution < -0.4 is 0 Å². The lowest BCUT2D eigenvalue weighted by atomic mass is 9.81. The summed E-state index contributed by atoms with van der Waals surface area (Å²) in [5, 5.41) is 0. The van der Waals surface area contributed by atoms with Crippen LogP contribution in [-0.2, 0) is 0 Å². The van der Waals surface area contributed by atoms with E-state index in [2.05, 4.69) is 68.8 Å². The Kier molecular flexibility index (Phi) is 6.54. The predicted octanol–water partition coefficient (Wildman–Crippen LogP) is 6.68. The Morgan fingerprint density at radius 2 is 2.08 bits per heavy atom. The number of aliphatic imine (C=N–C) groups is 1. The first-order chi connectivity index (χ1) is 11.5. The van der Waals surface area contributed by atoms with E-state index in [1.807, 2.05) is 19.3 Å². The summed E-state index contributed by atoms with van der Waals surface area (Å²) in [6.45, 7) is 13.0. The molecule has 0 bridgehead atoms. The molecule has 0 radical (unpaired) electrons. The van der Waals surface area contributed by atoms with E-state index in [0.717, 1.165) is 19.3 Å². The minimum Gasteiger partial charge on any atom is -0.269 e. The Morgan fingerprint density at radius 3 is 2.79 bits per heavy atom. The summed E-state index contributed by atoms with van der Waals surface area (Å²) in [6, 6.07) is 8.53. The molecule has 0 N–H and O–H groups in total. The minimum atomic E-state index is 0.492. The third kappa shape index (κ3) is 4.44. The van der Waals surface area contributed by atoms with Gasteiger partial charge in [-0.2, -0.15) is 0 Å². The molecule has 0 heterocycles. The molecule has 1 atom stereocenters. The molecule has 0 saturated heterocycles. The van der Waals surface area contributed by atoms with E-state index >= 15 is 0 Å². The molecular weight excluding hydrogens is 290 g/mol. The average Bonchev–Trinajstić information content (AvgIpc) is 2.59. The summed E-state index contributed by atoms with van der Waals surface area (Å²) in [6.07, 6.45) is 11.6. The normalized spacial score (nSPS) is 16.8. The van der Waals surface area contributed by atoms with Gasteiger partial charge < -0.3 is 0 Å². The molecule has 1 heteroatoms. The van der Waals surface area contributed by atoms with Crippen molar-refractivity contribution in [2.45, 2.75) is 47.0 Å². The summed E-state index contributed by atoms with van der Waals surface area (Å²) < 4.78 is 0. The van der Waals surface area contributed by atoms with Gasteiger partial charge in [-0.05, 0) is 73.8 Å². The van der Waals surface area contributed by atoms with Crippen molar-refractivity contribution in [3.8, 4) is 0 Å². The topological polar surface area (TPSA) is 12.4 Å². The second-order valence-electron chi connectivity index (χ2n) is 6.62. The number of nitrogens with zero attached hydrogens (tertiary/aromatic N) is 1. The van der Waals surface area contributed by atoms with Gasteiger partial charge in [-0.1, -0.05) is 55.5 Å². The van der Waals surface area contributed by atoms with E-state index in [-0.39, 0.29) is 0 Å². The van der Waals surface area contributed by atoms with Crippen molar-refractivity contribution in [2.75, 3.05) is 0 Å². The Balaban J connectivity index is 2.24. The number of rotatable bonds is 6. The van der Waals surface area contributed by atoms with E-state index in [4.69, 9.17) is 0 Å². The molecule has 1 aliphatic rings. The van der Waals surface area contributed by atoms with Crippen molar-refractivity contribution in [3.63, 3.8) is 0 Å². The molecule has 0 amide bonds. The first-order valence-electron chi connectivity index (χ1n) is 8.82. The fourth-order valence-corrected chi connectivity index (χ4v) is 3.41. The van der Waals surface area contributed by atoms with E-state index in [0.29, 0.717) is 5.92 Å². The zero-order valence-corrected chi connectivity index (χ0v) is 15.5. The number of hydrogen-bond donors (Lipinski definition) is 0. The van der Waals surface area contributed by atoms with Crippen molar-refractivity contribution in [1.82, 2.24) is 0 Å². The van der Waals surface area contributed by atoms with E-state index in [1.165, 1.54) is 33.4 Å². The van der Waals surface area contributed by atoms with Crippen molar-refractivity contribution in [3.05, 3.63) is 77.0 Å². The van der Waals surface area contributed by atoms with Crippen LogP contribution in [0.2, 0.25) is 0 Å². The van der Waals surface area contributed by atoms with Crippen LogP contribution in [0.1, 0.15) is 51.2 Å². The molecule has 1 aromatic carbocycles. The van der Waals surface area contributed by atoms with Gasteiger partial charge in [0.2, 0.25) is 0 Å². The number of aryl methyl sites for hydroxylation is 1. The minimum absolute atomic E-state index is 0.492. The molecule has 0 fully saturated rings. The summed E-state index contributed by atoms with van der Waals surface area (Å²) in [7, 11) is 0. The number of allylic oxidation sites excluding steroid dienone is 6. The van der Waals surface area contributed by atoms with Gasteiger partial charge in [0.05, 0.1) is 0 Å². The van der Waals surface area contributed by atoms with Crippen LogP contribution in [0.25, 0.3) is 5.57 Å². The quantitative estimate of drug-likeness (QED) is 0.519. The van der Waals surface area contributed by atoms with Gasteiger partial charge in [0.25, 0.3) is 0 Å². The Morgan fingerprint density at radius 1 is 1.33 bits per heavy atom. The third-order valence-electron chi connectivity index (χ3n) is 4.73. The first kappa shape index (κ1) is 18.2. The highest BCUT2D eigenvalue weighted by Gasteiger charge is 2.18. The molecule has 0 aliphatic heterocycles. The zero-order chi connectivity index (χ0) is 17.5. The van der Waals surface area contributed by atoms with Crippen LogP contribution in [0.5, 0.6) is 0 Å². The van der Waals surface area contributed by atoms with Crippen LogP contribution in [0.4, 0.5) is 0 Å². The lowest BCUT2D eigenvalue weighted by Gasteiger charge is -2.24. The average molecular weight is 319 g/mol. The molecule has 1 nitrogen and oxygen atoms in total. The Bertz CT molecular complexity index is 713. The fraction of sp³-hybridized carbons (Fsp3) is 0.348. The number of hydrogen-bond acceptors (Lipinski definition) is 1. The summed E-state index contributed by atoms with van der Waals surface area (Å²) in [4.78, 5) is 4.29. The Labute approximate surface area is 147 Å². The molecule has 2 rings (SSSR count). The molecule has 0 saturated carbocycles. The lowest BCUT2D eigenvalue weighted by Crippen LogP contribution is -2.07. The van der Waals surface area contributed by atoms with Gasteiger partial charge >= 0.3 is 0 Å². The fourth-order valence-electron chi connectivity index (χ4n) is 3.41. The van der Waals surface area contributed by atoms with Crippen LogP contribution in [0.15, 0.2) is 70.9 Å². The summed E-state index contributed by atoms with van der Waals surface area (Å²) >= 11 is 0. The molecule has 1 aromatic rings. The summed E-state index contributed by atoms with van der Waals surface area (Å²) in [5.41, 5.74) is 7.97. The second-order valence-corrected chi connectivity index (χ2v) is 6.62. The second kappa shape index (κ2) is 8.63. The van der Waals surface area contributed by atoms with Gasteiger partial charge in [-0.15, -0.1) is 0 Å². The lowest BCUT2D eigenvalue weighted by molar-refractivity contribution is 0.654. The van der Waals surface area contributed by atoms with Crippen molar-refractivity contribution in [2.24, 2.45) is 10.9 Å². The van der Waals surface area contributed by atoms with Crippen LogP contribution >= 0.6 is 0 Å². The maximum Gasteiger partial charge on any atom is 0.0298 e. The van der Waals surface area contributed by atoms with Crippen LogP contribution in [0, 0.1) is 12.8 Å². The van der Waals surface area contributed by atoms with Crippen molar-refractivity contribution < 1.29 is 0 Å². The molecule has 1 unspecified atom stereocenters. The Hall–Kier alpha value is -2.15. The molecule has 0 aromatic heterocycles. The van der Waals surface area contributed by atoms with Crippen LogP contribution in [-0.4, -0.2) is 6.21 Å². The largest absolute Gasteiger partial charge is 0.269 e. The van der Waals surface area contributed by atoms with Gasteiger partial charge in [0, 0.05) is 12.4 Å². The number of benzene rings is 1. The van der Waals surface area contributed by atoms with E-state index in [1.54, 1.807) is 0 Å². The standard InChI is InChI=1S/C23H29N/c1-6-24-16-20(5)23-14-10-9-13-22(23)19(4)15-18(3)21-12-8-7-11-17(21)2/h6-8,10-12,14,16,19H,3,9,13,15H2,1-2,4-5H3/b20-16+,24-6-. The highest BCUT2D eigenvalue weighted by Crippen LogP contribution is 2.35. The molecule has 24 heavy (non-hydrogen) atoms. The van der Waals surface area contributed by atoms with Gasteiger partial charge in [0.1, 0.15) is 0 Å². The summed E-state index contributed by atoms with van der Waals surface area (Å²) in [5.74, 6) is 0.492. The highest BCUT2D eigenvalue weighted by atomic mass is 14.7. The predicted molar refractivity (Wildman–Crippen MR) is 107 cm³/mol. The van der Waals surface area contributed by atoms with Crippen molar-refractivity contribution in [1.29, 1.82) is 0 Å². The zero-order valence-electron chi connectivity index (χ0n) is 15.5.